The third-order valence-corrected chi connectivity index (χ3v) is 6.07. The van der Waals surface area contributed by atoms with E-state index >= 15 is 0 Å². The van der Waals surface area contributed by atoms with Crippen LogP contribution in [0.25, 0.3) is 21.9 Å². The molecule has 33 heavy (non-hydrogen) atoms. The number of H-pyrrole nitrogens is 1. The minimum absolute atomic E-state index is 0.0711. The number of benzene rings is 2. The van der Waals surface area contributed by atoms with Gasteiger partial charge in [0, 0.05) is 29.8 Å². The van der Waals surface area contributed by atoms with Crippen LogP contribution in [0, 0.1) is 0 Å². The zero-order valence-corrected chi connectivity index (χ0v) is 19.3. The lowest BCUT2D eigenvalue weighted by Crippen LogP contribution is -2.26. The summed E-state index contributed by atoms with van der Waals surface area (Å²) in [6.07, 6.45) is 0. The summed E-state index contributed by atoms with van der Waals surface area (Å²) in [6.45, 7) is 0.673. The molecule has 172 valence electrons. The SMILES string of the molecule is COCCn1c(SCC(=O)Nc2ccc(OC)c(OC)c2)nc2c([nH]c3ccccc32)c1=O. The number of nitrogens with one attached hydrogen (secondary N) is 2. The normalized spacial score (nSPS) is 11.1. The first kappa shape index (κ1) is 22.7. The number of rotatable bonds is 9. The third-order valence-electron chi connectivity index (χ3n) is 5.09. The molecule has 0 aliphatic carbocycles. The van der Waals surface area contributed by atoms with Gasteiger partial charge < -0.3 is 24.5 Å². The van der Waals surface area contributed by atoms with E-state index in [-0.39, 0.29) is 17.2 Å². The number of fused-ring (bicyclic) bond motifs is 3. The smallest absolute Gasteiger partial charge is 0.278 e. The number of anilines is 1. The van der Waals surface area contributed by atoms with Gasteiger partial charge in [0.25, 0.3) is 5.56 Å². The Kier molecular flexibility index (Phi) is 6.85. The lowest BCUT2D eigenvalue weighted by molar-refractivity contribution is -0.113. The average molecular weight is 469 g/mol. The molecule has 0 atom stereocenters. The van der Waals surface area contributed by atoms with Crippen molar-refractivity contribution in [2.45, 2.75) is 11.7 Å². The van der Waals surface area contributed by atoms with E-state index in [1.54, 1.807) is 32.4 Å². The maximum Gasteiger partial charge on any atom is 0.278 e. The van der Waals surface area contributed by atoms with Crippen molar-refractivity contribution in [1.82, 2.24) is 14.5 Å². The summed E-state index contributed by atoms with van der Waals surface area (Å²) in [5, 5.41) is 4.15. The van der Waals surface area contributed by atoms with E-state index in [2.05, 4.69) is 10.3 Å². The fourth-order valence-electron chi connectivity index (χ4n) is 3.51. The molecule has 2 heterocycles. The lowest BCUT2D eigenvalue weighted by Gasteiger charge is -2.12. The fourth-order valence-corrected chi connectivity index (χ4v) is 4.33. The molecule has 0 bridgehead atoms. The maximum atomic E-state index is 13.2. The molecule has 0 aliphatic heterocycles. The van der Waals surface area contributed by atoms with Gasteiger partial charge in [-0.05, 0) is 18.2 Å². The molecular formula is C23H24N4O5S. The number of para-hydroxylation sites is 1. The van der Waals surface area contributed by atoms with Gasteiger partial charge in [-0.2, -0.15) is 0 Å². The zero-order chi connectivity index (χ0) is 23.4. The molecule has 4 aromatic rings. The minimum Gasteiger partial charge on any atom is -0.493 e. The number of nitrogens with zero attached hydrogens (tertiary/aromatic N) is 2. The molecule has 0 saturated heterocycles. The summed E-state index contributed by atoms with van der Waals surface area (Å²) in [5.41, 5.74) is 2.24. The minimum atomic E-state index is -0.237. The van der Waals surface area contributed by atoms with Crippen LogP contribution in [0.2, 0.25) is 0 Å². The Balaban J connectivity index is 1.60. The van der Waals surface area contributed by atoms with Crippen LogP contribution >= 0.6 is 11.8 Å². The van der Waals surface area contributed by atoms with Crippen molar-refractivity contribution in [2.24, 2.45) is 0 Å². The van der Waals surface area contributed by atoms with Gasteiger partial charge in [-0.3, -0.25) is 14.2 Å². The molecule has 0 spiro atoms. The standard InChI is InChI=1S/C23H24N4O5S/c1-30-11-10-27-22(29)21-20(15-6-4-5-7-16(15)25-21)26-23(27)33-13-19(28)24-14-8-9-17(31-2)18(12-14)32-3/h4-9,12,25H,10-11,13H2,1-3H3,(H,24,28). The van der Waals surface area contributed by atoms with Gasteiger partial charge in [-0.1, -0.05) is 30.0 Å². The summed E-state index contributed by atoms with van der Waals surface area (Å²) in [6, 6.07) is 12.8. The van der Waals surface area contributed by atoms with Gasteiger partial charge in [0.1, 0.15) is 11.0 Å². The van der Waals surface area contributed by atoms with E-state index in [1.807, 2.05) is 24.3 Å². The molecule has 2 N–H and O–H groups in total. The Morgan fingerprint density at radius 1 is 1.12 bits per heavy atom. The number of hydrogen-bond acceptors (Lipinski definition) is 7. The molecule has 2 aromatic carbocycles. The number of aromatic nitrogens is 3. The van der Waals surface area contributed by atoms with E-state index < -0.39 is 0 Å². The number of amides is 1. The molecule has 0 saturated carbocycles. The summed E-state index contributed by atoms with van der Waals surface area (Å²) in [7, 11) is 4.65. The molecule has 0 radical (unpaired) electrons. The lowest BCUT2D eigenvalue weighted by atomic mass is 10.2. The second kappa shape index (κ2) is 9.97. The van der Waals surface area contributed by atoms with Crippen LogP contribution in [-0.2, 0) is 16.1 Å². The molecule has 0 fully saturated rings. The van der Waals surface area contributed by atoms with Crippen molar-refractivity contribution in [3.8, 4) is 11.5 Å². The van der Waals surface area contributed by atoms with Crippen LogP contribution < -0.4 is 20.3 Å². The van der Waals surface area contributed by atoms with Crippen LogP contribution in [0.4, 0.5) is 5.69 Å². The highest BCUT2D eigenvalue weighted by Gasteiger charge is 2.17. The first-order chi connectivity index (χ1) is 16.0. The van der Waals surface area contributed by atoms with Crippen LogP contribution in [0.1, 0.15) is 0 Å². The molecule has 9 nitrogen and oxygen atoms in total. The predicted molar refractivity (Wildman–Crippen MR) is 129 cm³/mol. The number of hydrogen-bond donors (Lipinski definition) is 2. The largest absolute Gasteiger partial charge is 0.493 e. The Bertz CT molecular complexity index is 1360. The molecule has 0 unspecified atom stereocenters. The topological polar surface area (TPSA) is 107 Å². The number of ether oxygens (including phenoxy) is 3. The van der Waals surface area contributed by atoms with Crippen molar-refractivity contribution >= 4 is 45.3 Å². The van der Waals surface area contributed by atoms with E-state index in [1.165, 1.54) is 23.4 Å². The Morgan fingerprint density at radius 2 is 1.91 bits per heavy atom. The number of methoxy groups -OCH3 is 3. The molecule has 4 rings (SSSR count). The van der Waals surface area contributed by atoms with Crippen molar-refractivity contribution in [1.29, 1.82) is 0 Å². The van der Waals surface area contributed by atoms with E-state index in [0.29, 0.717) is 46.5 Å². The van der Waals surface area contributed by atoms with Gasteiger partial charge in [-0.25, -0.2) is 4.98 Å². The second-order valence-corrected chi connectivity index (χ2v) is 8.09. The summed E-state index contributed by atoms with van der Waals surface area (Å²) >= 11 is 1.20. The molecular weight excluding hydrogens is 444 g/mol. The first-order valence-corrected chi connectivity index (χ1v) is 11.2. The van der Waals surface area contributed by atoms with Gasteiger partial charge in [0.15, 0.2) is 16.7 Å². The monoisotopic (exact) mass is 468 g/mol. The zero-order valence-electron chi connectivity index (χ0n) is 18.5. The van der Waals surface area contributed by atoms with Crippen molar-refractivity contribution in [3.05, 3.63) is 52.8 Å². The van der Waals surface area contributed by atoms with Crippen molar-refractivity contribution in [3.63, 3.8) is 0 Å². The summed E-state index contributed by atoms with van der Waals surface area (Å²) < 4.78 is 17.2. The third kappa shape index (κ3) is 4.67. The van der Waals surface area contributed by atoms with Gasteiger partial charge in [0.05, 0.1) is 33.1 Å². The number of carbonyl (C=O) groups excluding carboxylic acids is 1. The predicted octanol–water partition coefficient (Wildman–Crippen LogP) is 3.27. The fraction of sp³-hybridized carbons (Fsp3) is 0.261. The van der Waals surface area contributed by atoms with Crippen LogP contribution in [0.5, 0.6) is 11.5 Å². The van der Waals surface area contributed by atoms with E-state index in [4.69, 9.17) is 19.2 Å². The van der Waals surface area contributed by atoms with Crippen molar-refractivity contribution < 1.29 is 19.0 Å². The van der Waals surface area contributed by atoms with Crippen molar-refractivity contribution in [2.75, 3.05) is 39.0 Å². The van der Waals surface area contributed by atoms with E-state index in [9.17, 15) is 9.59 Å². The molecule has 2 aromatic heterocycles. The number of thioether (sulfide) groups is 1. The molecule has 1 amide bonds. The highest BCUT2D eigenvalue weighted by Crippen LogP contribution is 2.30. The molecule has 10 heteroatoms. The molecule has 0 aliphatic rings. The highest BCUT2D eigenvalue weighted by molar-refractivity contribution is 7.99. The second-order valence-electron chi connectivity index (χ2n) is 7.14. The Morgan fingerprint density at radius 3 is 2.67 bits per heavy atom. The van der Waals surface area contributed by atoms with Crippen LogP contribution in [0.15, 0.2) is 52.4 Å². The Hall–Kier alpha value is -3.50. The van der Waals surface area contributed by atoms with Crippen LogP contribution in [0.3, 0.4) is 0 Å². The van der Waals surface area contributed by atoms with Gasteiger partial charge in [0.2, 0.25) is 5.91 Å². The maximum absolute atomic E-state index is 13.2. The van der Waals surface area contributed by atoms with Gasteiger partial charge >= 0.3 is 0 Å². The average Bonchev–Trinajstić information content (AvgIpc) is 3.21. The summed E-state index contributed by atoms with van der Waals surface area (Å²) in [5.74, 6) is 0.923. The first-order valence-electron chi connectivity index (χ1n) is 10.2. The number of aromatic amines is 1. The number of carbonyl (C=O) groups is 1. The quantitative estimate of drug-likeness (QED) is 0.287. The van der Waals surface area contributed by atoms with E-state index in [0.717, 1.165) is 10.9 Å². The summed E-state index contributed by atoms with van der Waals surface area (Å²) in [4.78, 5) is 33.7. The highest BCUT2D eigenvalue weighted by atomic mass is 32.2. The Labute approximate surface area is 194 Å². The van der Waals surface area contributed by atoms with Gasteiger partial charge in [-0.15, -0.1) is 0 Å². The van der Waals surface area contributed by atoms with Crippen LogP contribution in [-0.4, -0.2) is 54.1 Å².